The van der Waals surface area contributed by atoms with Gasteiger partial charge in [0.15, 0.2) is 0 Å². The number of rotatable bonds is 8. The molecule has 148 valence electrons. The van der Waals surface area contributed by atoms with Crippen molar-refractivity contribution in [1.82, 2.24) is 5.32 Å². The minimum absolute atomic E-state index is 0.00328. The minimum Gasteiger partial charge on any atom is -0.491 e. The number of aliphatic hydroxyl groups is 1. The van der Waals surface area contributed by atoms with Crippen LogP contribution in [0.15, 0.2) is 42.5 Å². The van der Waals surface area contributed by atoms with Crippen LogP contribution in [0.5, 0.6) is 5.75 Å². The molecule has 0 heterocycles. The molecule has 2 aromatic carbocycles. The molecule has 0 fully saturated rings. The van der Waals surface area contributed by atoms with Crippen LogP contribution < -0.4 is 10.1 Å². The van der Waals surface area contributed by atoms with Crippen LogP contribution in [0, 0.1) is 13.8 Å². The highest BCUT2D eigenvalue weighted by Crippen LogP contribution is 2.32. The van der Waals surface area contributed by atoms with Gasteiger partial charge in [-0.2, -0.15) is 0 Å². The van der Waals surface area contributed by atoms with Gasteiger partial charge in [0.1, 0.15) is 18.5 Å². The lowest BCUT2D eigenvalue weighted by atomic mass is 9.85. The normalized spacial score (nSPS) is 14.0. The molecule has 0 saturated heterocycles. The summed E-state index contributed by atoms with van der Waals surface area (Å²) in [6, 6.07) is 15.0. The van der Waals surface area contributed by atoms with Gasteiger partial charge >= 0.3 is 0 Å². The Morgan fingerprint density at radius 1 is 1.00 bits per heavy atom. The lowest BCUT2D eigenvalue weighted by Gasteiger charge is -2.25. The summed E-state index contributed by atoms with van der Waals surface area (Å²) in [6.45, 7) is 13.7. The van der Waals surface area contributed by atoms with Crippen molar-refractivity contribution in [2.24, 2.45) is 0 Å². The van der Waals surface area contributed by atoms with Gasteiger partial charge in [0.25, 0.3) is 0 Å². The molecule has 2 rings (SSSR count). The molecule has 0 bridgehead atoms. The molecule has 27 heavy (non-hydrogen) atoms. The lowest BCUT2D eigenvalue weighted by Crippen LogP contribution is -2.34. The molecule has 2 N–H and O–H groups in total. The summed E-state index contributed by atoms with van der Waals surface area (Å²) in [5.74, 6) is 0.859. The predicted octanol–water partition coefficient (Wildman–Crippen LogP) is 5.08. The van der Waals surface area contributed by atoms with Gasteiger partial charge < -0.3 is 15.2 Å². The standard InChI is InChI=1S/C24H35NO2/c1-7-22(19-11-8-17(2)9-12-19)25-15-20(26)16-27-23-13-10-18(3)14-21(23)24(4,5)6/h8-14,20,22,25-26H,7,15-16H2,1-6H3. The second kappa shape index (κ2) is 9.38. The summed E-state index contributed by atoms with van der Waals surface area (Å²) in [6.07, 6.45) is 0.418. The number of aryl methyl sites for hydroxylation is 2. The predicted molar refractivity (Wildman–Crippen MR) is 114 cm³/mol. The van der Waals surface area contributed by atoms with Crippen LogP contribution in [0.3, 0.4) is 0 Å². The highest BCUT2D eigenvalue weighted by atomic mass is 16.5. The van der Waals surface area contributed by atoms with Crippen molar-refractivity contribution < 1.29 is 9.84 Å². The van der Waals surface area contributed by atoms with E-state index in [1.807, 2.05) is 6.07 Å². The molecule has 0 aliphatic rings. The van der Waals surface area contributed by atoms with Crippen molar-refractivity contribution in [1.29, 1.82) is 0 Å². The number of hydrogen-bond donors (Lipinski definition) is 2. The quantitative estimate of drug-likeness (QED) is 0.682. The van der Waals surface area contributed by atoms with Gasteiger partial charge in [-0.3, -0.25) is 0 Å². The van der Waals surface area contributed by atoms with Gasteiger partial charge in [0.05, 0.1) is 0 Å². The van der Waals surface area contributed by atoms with E-state index in [4.69, 9.17) is 4.74 Å². The molecule has 0 aliphatic carbocycles. The largest absolute Gasteiger partial charge is 0.491 e. The fourth-order valence-electron chi connectivity index (χ4n) is 3.18. The molecule has 0 radical (unpaired) electrons. The second-order valence-electron chi connectivity index (χ2n) is 8.49. The van der Waals surface area contributed by atoms with E-state index < -0.39 is 6.10 Å². The van der Waals surface area contributed by atoms with Crippen molar-refractivity contribution in [2.45, 2.75) is 65.5 Å². The first-order valence-electron chi connectivity index (χ1n) is 9.92. The molecule has 0 aliphatic heterocycles. The van der Waals surface area contributed by atoms with E-state index in [0.717, 1.165) is 12.2 Å². The van der Waals surface area contributed by atoms with Crippen LogP contribution in [0.1, 0.15) is 62.4 Å². The Hall–Kier alpha value is -1.84. The van der Waals surface area contributed by atoms with Crippen molar-refractivity contribution in [2.75, 3.05) is 13.2 Å². The average Bonchev–Trinajstić information content (AvgIpc) is 2.61. The Bertz CT molecular complexity index is 716. The van der Waals surface area contributed by atoms with E-state index in [-0.39, 0.29) is 18.1 Å². The molecular weight excluding hydrogens is 334 g/mol. The van der Waals surface area contributed by atoms with Crippen LogP contribution >= 0.6 is 0 Å². The highest BCUT2D eigenvalue weighted by Gasteiger charge is 2.20. The molecule has 2 aromatic rings. The Kier molecular flexibility index (Phi) is 7.46. The molecule has 0 amide bonds. The van der Waals surface area contributed by atoms with E-state index in [2.05, 4.69) is 83.3 Å². The smallest absolute Gasteiger partial charge is 0.123 e. The molecule has 2 unspecified atom stereocenters. The van der Waals surface area contributed by atoms with Gasteiger partial charge in [-0.25, -0.2) is 0 Å². The molecule has 3 heteroatoms. The maximum absolute atomic E-state index is 10.4. The summed E-state index contributed by atoms with van der Waals surface area (Å²) in [7, 11) is 0. The summed E-state index contributed by atoms with van der Waals surface area (Å²) >= 11 is 0. The van der Waals surface area contributed by atoms with Gasteiger partial charge in [0, 0.05) is 12.6 Å². The Labute approximate surface area is 164 Å². The zero-order chi connectivity index (χ0) is 20.0. The van der Waals surface area contributed by atoms with Gasteiger partial charge in [-0.1, -0.05) is 75.2 Å². The van der Waals surface area contributed by atoms with E-state index in [1.54, 1.807) is 0 Å². The molecule has 0 aromatic heterocycles. The van der Waals surface area contributed by atoms with Crippen molar-refractivity contribution in [3.8, 4) is 5.75 Å². The van der Waals surface area contributed by atoms with E-state index in [0.29, 0.717) is 6.54 Å². The Balaban J connectivity index is 1.93. The van der Waals surface area contributed by atoms with Gasteiger partial charge in [-0.05, 0) is 42.9 Å². The van der Waals surface area contributed by atoms with Crippen LogP contribution in [-0.2, 0) is 5.41 Å². The topological polar surface area (TPSA) is 41.5 Å². The fraction of sp³-hybridized carbons (Fsp3) is 0.500. The summed E-state index contributed by atoms with van der Waals surface area (Å²) in [5, 5.41) is 13.9. The number of hydrogen-bond acceptors (Lipinski definition) is 3. The Morgan fingerprint density at radius 2 is 1.63 bits per heavy atom. The SMILES string of the molecule is CCC(NCC(O)COc1ccc(C)cc1C(C)(C)C)c1ccc(C)cc1. The second-order valence-corrected chi connectivity index (χ2v) is 8.49. The van der Waals surface area contributed by atoms with E-state index in [1.165, 1.54) is 22.3 Å². The molecule has 0 saturated carbocycles. The molecule has 0 spiro atoms. The zero-order valence-electron chi connectivity index (χ0n) is 17.7. The van der Waals surface area contributed by atoms with Crippen LogP contribution in [0.4, 0.5) is 0 Å². The fourth-order valence-corrected chi connectivity index (χ4v) is 3.18. The van der Waals surface area contributed by atoms with E-state index in [9.17, 15) is 5.11 Å². The third kappa shape index (κ3) is 6.37. The maximum atomic E-state index is 10.4. The maximum Gasteiger partial charge on any atom is 0.123 e. The number of benzene rings is 2. The third-order valence-electron chi connectivity index (χ3n) is 4.86. The van der Waals surface area contributed by atoms with Crippen molar-refractivity contribution in [3.05, 3.63) is 64.7 Å². The first-order chi connectivity index (χ1) is 12.7. The number of nitrogens with one attached hydrogen (secondary N) is 1. The van der Waals surface area contributed by atoms with Gasteiger partial charge in [-0.15, -0.1) is 0 Å². The van der Waals surface area contributed by atoms with Crippen molar-refractivity contribution in [3.63, 3.8) is 0 Å². The highest BCUT2D eigenvalue weighted by molar-refractivity contribution is 5.41. The monoisotopic (exact) mass is 369 g/mol. The first kappa shape index (κ1) is 21.5. The number of aliphatic hydroxyl groups excluding tert-OH is 1. The Morgan fingerprint density at radius 3 is 2.22 bits per heavy atom. The third-order valence-corrected chi connectivity index (χ3v) is 4.86. The lowest BCUT2D eigenvalue weighted by molar-refractivity contribution is 0.102. The molecule has 2 atom stereocenters. The molecular formula is C24H35NO2. The zero-order valence-corrected chi connectivity index (χ0v) is 17.7. The van der Waals surface area contributed by atoms with Crippen molar-refractivity contribution >= 4 is 0 Å². The average molecular weight is 370 g/mol. The summed E-state index contributed by atoms with van der Waals surface area (Å²) < 4.78 is 5.98. The summed E-state index contributed by atoms with van der Waals surface area (Å²) in [4.78, 5) is 0. The minimum atomic E-state index is -0.557. The van der Waals surface area contributed by atoms with E-state index >= 15 is 0 Å². The van der Waals surface area contributed by atoms with Crippen LogP contribution in [-0.4, -0.2) is 24.4 Å². The molecule has 3 nitrogen and oxygen atoms in total. The number of ether oxygens (including phenoxy) is 1. The van der Waals surface area contributed by atoms with Crippen LogP contribution in [0.25, 0.3) is 0 Å². The first-order valence-corrected chi connectivity index (χ1v) is 9.92. The summed E-state index contributed by atoms with van der Waals surface area (Å²) in [5.41, 5.74) is 4.91. The van der Waals surface area contributed by atoms with Crippen LogP contribution in [0.2, 0.25) is 0 Å². The van der Waals surface area contributed by atoms with Gasteiger partial charge in [0.2, 0.25) is 0 Å².